The van der Waals surface area contributed by atoms with E-state index in [9.17, 15) is 14.5 Å². The zero-order valence-electron chi connectivity index (χ0n) is 9.14. The summed E-state index contributed by atoms with van der Waals surface area (Å²) in [5.74, 6) is -0.499. The standard InChI is InChI=1S/C11H5Br2FN2O3/c12-6-1-7(5-15-4-6)19-11-2-8(13)9(14)3-10(11)16(17)18/h1-5H. The first-order chi connectivity index (χ1) is 8.97. The normalized spacial score (nSPS) is 10.3. The second-order valence-corrected chi connectivity index (χ2v) is 5.20. The van der Waals surface area contributed by atoms with E-state index >= 15 is 0 Å². The molecule has 0 amide bonds. The van der Waals surface area contributed by atoms with Gasteiger partial charge in [0.25, 0.3) is 0 Å². The molecule has 19 heavy (non-hydrogen) atoms. The van der Waals surface area contributed by atoms with Crippen molar-refractivity contribution in [2.75, 3.05) is 0 Å². The largest absolute Gasteiger partial charge is 0.448 e. The Balaban J connectivity index is 2.44. The van der Waals surface area contributed by atoms with Crippen LogP contribution in [0.5, 0.6) is 11.5 Å². The van der Waals surface area contributed by atoms with Gasteiger partial charge in [-0.25, -0.2) is 4.39 Å². The first-order valence-electron chi connectivity index (χ1n) is 4.89. The lowest BCUT2D eigenvalue weighted by Gasteiger charge is -2.07. The van der Waals surface area contributed by atoms with Crippen LogP contribution in [0.1, 0.15) is 0 Å². The van der Waals surface area contributed by atoms with E-state index in [4.69, 9.17) is 4.74 Å². The first-order valence-corrected chi connectivity index (χ1v) is 6.48. The molecule has 0 saturated carbocycles. The van der Waals surface area contributed by atoms with Crippen molar-refractivity contribution in [1.29, 1.82) is 0 Å². The summed E-state index contributed by atoms with van der Waals surface area (Å²) in [6.45, 7) is 0. The van der Waals surface area contributed by atoms with E-state index in [1.807, 2.05) is 0 Å². The van der Waals surface area contributed by atoms with Crippen LogP contribution in [-0.4, -0.2) is 9.91 Å². The minimum atomic E-state index is -0.730. The Kier molecular flexibility index (Phi) is 4.11. The second-order valence-electron chi connectivity index (χ2n) is 3.43. The molecule has 0 atom stereocenters. The number of nitrogens with zero attached hydrogens (tertiary/aromatic N) is 2. The molecule has 0 bridgehead atoms. The smallest absolute Gasteiger partial charge is 0.314 e. The molecule has 98 valence electrons. The predicted octanol–water partition coefficient (Wildman–Crippen LogP) is 4.45. The van der Waals surface area contributed by atoms with Crippen molar-refractivity contribution in [2.45, 2.75) is 0 Å². The number of hydrogen-bond donors (Lipinski definition) is 0. The highest BCUT2D eigenvalue weighted by atomic mass is 79.9. The predicted molar refractivity (Wildman–Crippen MR) is 72.8 cm³/mol. The van der Waals surface area contributed by atoms with Crippen LogP contribution in [0.4, 0.5) is 10.1 Å². The summed E-state index contributed by atoms with van der Waals surface area (Å²) < 4.78 is 19.4. The molecule has 1 heterocycles. The van der Waals surface area contributed by atoms with Gasteiger partial charge in [-0.05, 0) is 37.9 Å². The number of halogens is 3. The van der Waals surface area contributed by atoms with Crippen molar-refractivity contribution in [3.8, 4) is 11.5 Å². The summed E-state index contributed by atoms with van der Waals surface area (Å²) in [7, 11) is 0. The number of pyridine rings is 1. The van der Waals surface area contributed by atoms with E-state index < -0.39 is 16.4 Å². The van der Waals surface area contributed by atoms with Crippen molar-refractivity contribution in [3.63, 3.8) is 0 Å². The Morgan fingerprint density at radius 1 is 1.26 bits per heavy atom. The summed E-state index contributed by atoms with van der Waals surface area (Å²) >= 11 is 6.16. The van der Waals surface area contributed by atoms with Crippen molar-refractivity contribution in [3.05, 3.63) is 55.5 Å². The van der Waals surface area contributed by atoms with E-state index in [1.54, 1.807) is 12.3 Å². The van der Waals surface area contributed by atoms with E-state index in [1.165, 1.54) is 12.3 Å². The lowest BCUT2D eigenvalue weighted by molar-refractivity contribution is -0.385. The molecule has 2 rings (SSSR count). The number of rotatable bonds is 3. The monoisotopic (exact) mass is 390 g/mol. The zero-order chi connectivity index (χ0) is 14.0. The molecule has 0 aliphatic carbocycles. The van der Waals surface area contributed by atoms with Gasteiger partial charge < -0.3 is 4.74 Å². The maximum absolute atomic E-state index is 13.3. The van der Waals surface area contributed by atoms with Crippen LogP contribution in [0.2, 0.25) is 0 Å². The second kappa shape index (κ2) is 5.62. The van der Waals surface area contributed by atoms with Gasteiger partial charge >= 0.3 is 5.69 Å². The fraction of sp³-hybridized carbons (Fsp3) is 0. The van der Waals surface area contributed by atoms with E-state index in [0.717, 1.165) is 6.07 Å². The fourth-order valence-electron chi connectivity index (χ4n) is 1.32. The SMILES string of the molecule is O=[N+]([O-])c1cc(F)c(Br)cc1Oc1cncc(Br)c1. The molecule has 1 aromatic carbocycles. The summed E-state index contributed by atoms with van der Waals surface area (Å²) in [5, 5.41) is 10.9. The molecule has 0 aliphatic heterocycles. The number of ether oxygens (including phenoxy) is 1. The topological polar surface area (TPSA) is 65.3 Å². The van der Waals surface area contributed by atoms with Crippen molar-refractivity contribution in [1.82, 2.24) is 4.98 Å². The lowest BCUT2D eigenvalue weighted by Crippen LogP contribution is -1.95. The highest BCUT2D eigenvalue weighted by Gasteiger charge is 2.19. The summed E-state index contributed by atoms with van der Waals surface area (Å²) in [6.07, 6.45) is 2.94. The van der Waals surface area contributed by atoms with Gasteiger partial charge in [-0.15, -0.1) is 0 Å². The Morgan fingerprint density at radius 3 is 2.63 bits per heavy atom. The molecule has 0 aliphatic rings. The van der Waals surface area contributed by atoms with Crippen LogP contribution in [0.15, 0.2) is 39.5 Å². The van der Waals surface area contributed by atoms with Gasteiger partial charge in [-0.2, -0.15) is 0 Å². The van der Waals surface area contributed by atoms with Crippen LogP contribution in [0.3, 0.4) is 0 Å². The van der Waals surface area contributed by atoms with Gasteiger partial charge in [-0.3, -0.25) is 15.1 Å². The molecule has 5 nitrogen and oxygen atoms in total. The number of nitro benzene ring substituents is 1. The summed E-state index contributed by atoms with van der Waals surface area (Å²) in [5.41, 5.74) is -0.458. The van der Waals surface area contributed by atoms with E-state index in [-0.39, 0.29) is 10.2 Å². The molecule has 2 aromatic rings. The molecule has 0 spiro atoms. The molecule has 0 N–H and O–H groups in total. The van der Waals surface area contributed by atoms with Gasteiger partial charge in [0.05, 0.1) is 21.7 Å². The quantitative estimate of drug-likeness (QED) is 0.572. The van der Waals surface area contributed by atoms with Crippen LogP contribution in [0.25, 0.3) is 0 Å². The van der Waals surface area contributed by atoms with Gasteiger partial charge in [0.1, 0.15) is 11.6 Å². The van der Waals surface area contributed by atoms with Crippen molar-refractivity contribution < 1.29 is 14.1 Å². The number of aromatic nitrogens is 1. The molecule has 0 radical (unpaired) electrons. The first kappa shape index (κ1) is 13.9. The Labute approximate surface area is 123 Å². The Hall–Kier alpha value is -1.54. The zero-order valence-corrected chi connectivity index (χ0v) is 12.3. The highest BCUT2D eigenvalue weighted by molar-refractivity contribution is 9.10. The third-order valence-corrected chi connectivity index (χ3v) is 3.15. The third kappa shape index (κ3) is 3.27. The van der Waals surface area contributed by atoms with Crippen molar-refractivity contribution in [2.24, 2.45) is 0 Å². The molecular formula is C11H5Br2FN2O3. The molecule has 1 aromatic heterocycles. The number of nitro groups is 1. The average molecular weight is 392 g/mol. The van der Waals surface area contributed by atoms with Crippen molar-refractivity contribution >= 4 is 37.5 Å². The average Bonchev–Trinajstić information content (AvgIpc) is 2.33. The number of hydrogen-bond acceptors (Lipinski definition) is 4. The van der Waals surface area contributed by atoms with Crippen LogP contribution >= 0.6 is 31.9 Å². The molecule has 8 heteroatoms. The number of benzene rings is 1. The van der Waals surface area contributed by atoms with Gasteiger partial charge in [0.15, 0.2) is 0 Å². The Morgan fingerprint density at radius 2 is 2.00 bits per heavy atom. The Bertz CT molecular complexity index is 652. The summed E-state index contributed by atoms with van der Waals surface area (Å²) in [4.78, 5) is 14.0. The van der Waals surface area contributed by atoms with Gasteiger partial charge in [0, 0.05) is 16.7 Å². The molecular weight excluding hydrogens is 387 g/mol. The highest BCUT2D eigenvalue weighted by Crippen LogP contribution is 2.35. The van der Waals surface area contributed by atoms with Gasteiger partial charge in [0.2, 0.25) is 5.75 Å². The van der Waals surface area contributed by atoms with E-state index in [0.29, 0.717) is 10.2 Å². The van der Waals surface area contributed by atoms with Crippen LogP contribution in [0, 0.1) is 15.9 Å². The van der Waals surface area contributed by atoms with Crippen LogP contribution in [-0.2, 0) is 0 Å². The maximum Gasteiger partial charge on any atom is 0.314 e. The lowest BCUT2D eigenvalue weighted by atomic mass is 10.3. The minimum absolute atomic E-state index is 0.0711. The minimum Gasteiger partial charge on any atom is -0.448 e. The van der Waals surface area contributed by atoms with E-state index in [2.05, 4.69) is 36.8 Å². The molecule has 0 fully saturated rings. The summed E-state index contributed by atoms with van der Waals surface area (Å²) in [6, 6.07) is 3.59. The van der Waals surface area contributed by atoms with Crippen LogP contribution < -0.4 is 4.74 Å². The van der Waals surface area contributed by atoms with Gasteiger partial charge in [-0.1, -0.05) is 0 Å². The molecule has 0 unspecified atom stereocenters. The fourth-order valence-corrected chi connectivity index (χ4v) is 1.98. The third-order valence-electron chi connectivity index (χ3n) is 2.11. The maximum atomic E-state index is 13.3. The molecule has 0 saturated heterocycles.